The third-order valence-electron chi connectivity index (χ3n) is 4.08. The highest BCUT2D eigenvalue weighted by Gasteiger charge is 2.27. The molecule has 2 unspecified atom stereocenters. The van der Waals surface area contributed by atoms with E-state index in [-0.39, 0.29) is 6.04 Å². The molecule has 5 nitrogen and oxygen atoms in total. The van der Waals surface area contributed by atoms with E-state index < -0.39 is 10.0 Å². The highest BCUT2D eigenvalue weighted by Crippen LogP contribution is 2.31. The summed E-state index contributed by atoms with van der Waals surface area (Å²) >= 11 is 0. The summed E-state index contributed by atoms with van der Waals surface area (Å²) in [5.74, 6) is 1.09. The zero-order chi connectivity index (χ0) is 15.5. The lowest BCUT2D eigenvalue weighted by Crippen LogP contribution is -2.40. The van der Waals surface area contributed by atoms with Crippen molar-refractivity contribution >= 4 is 10.0 Å². The van der Waals surface area contributed by atoms with Gasteiger partial charge < -0.3 is 10.5 Å². The summed E-state index contributed by atoms with van der Waals surface area (Å²) in [6.45, 7) is 1.20. The number of nitrogens with zero attached hydrogens (tertiary/aromatic N) is 1. The van der Waals surface area contributed by atoms with Crippen LogP contribution in [0, 0.1) is 5.92 Å². The number of piperidine rings is 1. The van der Waals surface area contributed by atoms with Crippen LogP contribution in [0.2, 0.25) is 0 Å². The number of nitrogens with two attached hydrogens (primary N) is 1. The van der Waals surface area contributed by atoms with Gasteiger partial charge in [-0.15, -0.1) is 0 Å². The maximum absolute atomic E-state index is 11.7. The number of sulfonamides is 1. The van der Waals surface area contributed by atoms with Crippen molar-refractivity contribution in [2.24, 2.45) is 11.7 Å². The van der Waals surface area contributed by atoms with Gasteiger partial charge in [-0.1, -0.05) is 18.2 Å². The highest BCUT2D eigenvalue weighted by atomic mass is 32.2. The smallest absolute Gasteiger partial charge is 0.211 e. The van der Waals surface area contributed by atoms with Gasteiger partial charge in [0.1, 0.15) is 5.75 Å². The van der Waals surface area contributed by atoms with Crippen molar-refractivity contribution in [2.45, 2.75) is 25.3 Å². The first kappa shape index (κ1) is 16.3. The fourth-order valence-electron chi connectivity index (χ4n) is 2.98. The van der Waals surface area contributed by atoms with Gasteiger partial charge in [-0.25, -0.2) is 12.7 Å². The van der Waals surface area contributed by atoms with E-state index in [0.717, 1.165) is 30.6 Å². The van der Waals surface area contributed by atoms with Crippen LogP contribution in [0.3, 0.4) is 0 Å². The summed E-state index contributed by atoms with van der Waals surface area (Å²) in [6, 6.07) is 7.60. The molecule has 1 heterocycles. The molecule has 0 saturated carbocycles. The number of rotatable bonds is 5. The number of ether oxygens (including phenoxy) is 1. The van der Waals surface area contributed by atoms with Crippen molar-refractivity contribution in [1.82, 2.24) is 4.31 Å². The second-order valence-corrected chi connectivity index (χ2v) is 7.70. The molecule has 1 saturated heterocycles. The van der Waals surface area contributed by atoms with Gasteiger partial charge in [-0.2, -0.15) is 0 Å². The lowest BCUT2D eigenvalue weighted by atomic mass is 9.89. The minimum absolute atomic E-state index is 0.134. The van der Waals surface area contributed by atoms with Crippen LogP contribution in [0.4, 0.5) is 0 Å². The Morgan fingerprint density at radius 1 is 1.43 bits per heavy atom. The lowest BCUT2D eigenvalue weighted by Gasteiger charge is -2.32. The molecule has 21 heavy (non-hydrogen) atoms. The van der Waals surface area contributed by atoms with E-state index >= 15 is 0 Å². The number of hydrogen-bond donors (Lipinski definition) is 1. The molecule has 2 N–H and O–H groups in total. The van der Waals surface area contributed by atoms with Gasteiger partial charge in [0.25, 0.3) is 0 Å². The summed E-state index contributed by atoms with van der Waals surface area (Å²) in [7, 11) is -1.47. The second-order valence-electron chi connectivity index (χ2n) is 5.71. The van der Waals surface area contributed by atoms with Gasteiger partial charge in [0.2, 0.25) is 10.0 Å². The number of para-hydroxylation sites is 1. The maximum atomic E-state index is 11.7. The second kappa shape index (κ2) is 6.77. The van der Waals surface area contributed by atoms with E-state index in [1.54, 1.807) is 11.4 Å². The summed E-state index contributed by atoms with van der Waals surface area (Å²) in [4.78, 5) is 0. The van der Waals surface area contributed by atoms with Crippen molar-refractivity contribution in [1.29, 1.82) is 0 Å². The minimum atomic E-state index is -3.10. The first-order valence-corrected chi connectivity index (χ1v) is 9.10. The van der Waals surface area contributed by atoms with E-state index in [4.69, 9.17) is 10.5 Å². The largest absolute Gasteiger partial charge is 0.496 e. The highest BCUT2D eigenvalue weighted by molar-refractivity contribution is 7.88. The van der Waals surface area contributed by atoms with Crippen molar-refractivity contribution in [3.63, 3.8) is 0 Å². The van der Waals surface area contributed by atoms with Gasteiger partial charge in [-0.3, -0.25) is 0 Å². The zero-order valence-corrected chi connectivity index (χ0v) is 13.5. The Labute approximate surface area is 127 Å². The molecular weight excluding hydrogens is 288 g/mol. The third-order valence-corrected chi connectivity index (χ3v) is 5.35. The van der Waals surface area contributed by atoms with Gasteiger partial charge >= 0.3 is 0 Å². The fraction of sp³-hybridized carbons (Fsp3) is 0.600. The van der Waals surface area contributed by atoms with E-state index in [1.165, 1.54) is 6.26 Å². The summed E-state index contributed by atoms with van der Waals surface area (Å²) < 4.78 is 30.2. The van der Waals surface area contributed by atoms with Crippen LogP contribution in [-0.2, 0) is 10.0 Å². The fourth-order valence-corrected chi connectivity index (χ4v) is 3.92. The van der Waals surface area contributed by atoms with Crippen LogP contribution in [0.5, 0.6) is 5.75 Å². The molecule has 2 rings (SSSR count). The molecule has 1 aromatic carbocycles. The predicted molar refractivity (Wildman–Crippen MR) is 83.7 cm³/mol. The molecule has 1 fully saturated rings. The lowest BCUT2D eigenvalue weighted by molar-refractivity contribution is 0.246. The third kappa shape index (κ3) is 4.18. The zero-order valence-electron chi connectivity index (χ0n) is 12.7. The quantitative estimate of drug-likeness (QED) is 0.899. The van der Waals surface area contributed by atoms with E-state index in [9.17, 15) is 8.42 Å². The van der Waals surface area contributed by atoms with Crippen molar-refractivity contribution in [3.8, 4) is 5.75 Å². The number of hydrogen-bond acceptors (Lipinski definition) is 4. The van der Waals surface area contributed by atoms with Gasteiger partial charge in [-0.05, 0) is 31.2 Å². The van der Waals surface area contributed by atoms with Crippen molar-refractivity contribution < 1.29 is 13.2 Å². The molecule has 0 aromatic heterocycles. The van der Waals surface area contributed by atoms with Crippen molar-refractivity contribution in [2.75, 3.05) is 26.5 Å². The first-order valence-electron chi connectivity index (χ1n) is 7.25. The molecule has 1 aliphatic heterocycles. The molecule has 0 bridgehead atoms. The van der Waals surface area contributed by atoms with Crippen LogP contribution in [-0.4, -0.2) is 39.2 Å². The maximum Gasteiger partial charge on any atom is 0.211 e. The minimum Gasteiger partial charge on any atom is -0.496 e. The molecular formula is C15H24N2O3S. The Morgan fingerprint density at radius 3 is 2.81 bits per heavy atom. The SMILES string of the molecule is COc1ccccc1C(N)CC1CCCN(S(C)(=O)=O)C1. The Hall–Kier alpha value is -1.11. The molecule has 0 radical (unpaired) electrons. The number of benzene rings is 1. The average Bonchev–Trinajstić information content (AvgIpc) is 2.46. The van der Waals surface area contributed by atoms with Crippen LogP contribution in [0.1, 0.15) is 30.9 Å². The normalized spacial score (nSPS) is 22.0. The van der Waals surface area contributed by atoms with Crippen LogP contribution >= 0.6 is 0 Å². The molecule has 0 amide bonds. The van der Waals surface area contributed by atoms with Gasteiger partial charge in [0, 0.05) is 24.7 Å². The predicted octanol–water partition coefficient (Wildman–Crippen LogP) is 1.76. The molecule has 118 valence electrons. The van der Waals surface area contributed by atoms with E-state index in [2.05, 4.69) is 0 Å². The summed E-state index contributed by atoms with van der Waals surface area (Å²) in [5, 5.41) is 0. The Morgan fingerprint density at radius 2 is 2.14 bits per heavy atom. The summed E-state index contributed by atoms with van der Waals surface area (Å²) in [5.41, 5.74) is 7.29. The average molecular weight is 312 g/mol. The Kier molecular flexibility index (Phi) is 5.24. The van der Waals surface area contributed by atoms with Crippen LogP contribution in [0.15, 0.2) is 24.3 Å². The van der Waals surface area contributed by atoms with Gasteiger partial charge in [0.15, 0.2) is 0 Å². The number of methoxy groups -OCH3 is 1. The molecule has 2 atom stereocenters. The Balaban J connectivity index is 2.04. The molecule has 0 aliphatic carbocycles. The Bertz CT molecular complexity index is 574. The molecule has 0 spiro atoms. The van der Waals surface area contributed by atoms with Crippen LogP contribution < -0.4 is 10.5 Å². The van der Waals surface area contributed by atoms with Crippen LogP contribution in [0.25, 0.3) is 0 Å². The first-order chi connectivity index (χ1) is 9.91. The summed E-state index contributed by atoms with van der Waals surface area (Å²) in [6.07, 6.45) is 3.97. The monoisotopic (exact) mass is 312 g/mol. The van der Waals surface area contributed by atoms with E-state index in [0.29, 0.717) is 19.0 Å². The topological polar surface area (TPSA) is 72.6 Å². The van der Waals surface area contributed by atoms with Crippen molar-refractivity contribution in [3.05, 3.63) is 29.8 Å². The molecule has 1 aromatic rings. The van der Waals surface area contributed by atoms with E-state index in [1.807, 2.05) is 24.3 Å². The standard InChI is InChI=1S/C15H24N2O3S/c1-20-15-8-4-3-7-13(15)14(16)10-12-6-5-9-17(11-12)21(2,18)19/h3-4,7-8,12,14H,5-6,9-11,16H2,1-2H3. The molecule has 6 heteroatoms. The van der Waals surface area contributed by atoms with Gasteiger partial charge in [0.05, 0.1) is 13.4 Å². The molecule has 1 aliphatic rings.